The summed E-state index contributed by atoms with van der Waals surface area (Å²) in [5, 5.41) is 12.0. The molecule has 0 aliphatic heterocycles. The Hall–Kier alpha value is -2.44. The second-order valence-electron chi connectivity index (χ2n) is 4.48. The van der Waals surface area contributed by atoms with Gasteiger partial charge in [-0.15, -0.1) is 11.3 Å². The van der Waals surface area contributed by atoms with Crippen molar-refractivity contribution in [3.05, 3.63) is 76.1 Å². The van der Waals surface area contributed by atoms with Crippen LogP contribution < -0.4 is 0 Å². The van der Waals surface area contributed by atoms with Gasteiger partial charge in [0.15, 0.2) is 0 Å². The van der Waals surface area contributed by atoms with Crippen molar-refractivity contribution in [3.8, 4) is 17.3 Å². The molecule has 0 unspecified atom stereocenters. The third kappa shape index (κ3) is 2.76. The largest absolute Gasteiger partial charge is 0.241 e. The minimum Gasteiger partial charge on any atom is -0.241 e. The van der Waals surface area contributed by atoms with Crippen LogP contribution in [0.2, 0.25) is 0 Å². The number of hydrogen-bond donors (Lipinski definition) is 0. The first kappa shape index (κ1) is 12.6. The summed E-state index contributed by atoms with van der Waals surface area (Å²) in [5.74, 6) is 0. The fraction of sp³-hybridized carbons (Fsp3) is 0.0588. The molecular weight excluding hydrogens is 264 g/mol. The van der Waals surface area contributed by atoms with Crippen LogP contribution in [-0.4, -0.2) is 4.98 Å². The molecule has 0 spiro atoms. The summed E-state index contributed by atoms with van der Waals surface area (Å²) in [4.78, 5) is 4.67. The van der Waals surface area contributed by atoms with Crippen LogP contribution in [0, 0.1) is 11.3 Å². The zero-order chi connectivity index (χ0) is 13.8. The highest BCUT2D eigenvalue weighted by Gasteiger charge is 2.05. The van der Waals surface area contributed by atoms with Gasteiger partial charge in [-0.2, -0.15) is 5.26 Å². The van der Waals surface area contributed by atoms with Gasteiger partial charge in [-0.3, -0.25) is 0 Å². The second kappa shape index (κ2) is 5.68. The lowest BCUT2D eigenvalue weighted by Crippen LogP contribution is -1.87. The lowest BCUT2D eigenvalue weighted by atomic mass is 10.1. The summed E-state index contributed by atoms with van der Waals surface area (Å²) >= 11 is 1.67. The Labute approximate surface area is 122 Å². The van der Waals surface area contributed by atoms with Gasteiger partial charge >= 0.3 is 0 Å². The highest BCUT2D eigenvalue weighted by Crippen LogP contribution is 2.23. The van der Waals surface area contributed by atoms with E-state index in [0.717, 1.165) is 22.7 Å². The summed E-state index contributed by atoms with van der Waals surface area (Å²) in [6.07, 6.45) is 0.863. The van der Waals surface area contributed by atoms with Crippen molar-refractivity contribution in [2.75, 3.05) is 0 Å². The zero-order valence-corrected chi connectivity index (χ0v) is 11.6. The number of benzene rings is 2. The van der Waals surface area contributed by atoms with Gasteiger partial charge in [0.1, 0.15) is 0 Å². The molecule has 0 radical (unpaired) electrons. The van der Waals surface area contributed by atoms with Crippen molar-refractivity contribution < 1.29 is 0 Å². The van der Waals surface area contributed by atoms with Crippen molar-refractivity contribution in [1.29, 1.82) is 5.26 Å². The molecule has 3 aromatic rings. The molecule has 96 valence electrons. The van der Waals surface area contributed by atoms with Crippen LogP contribution >= 0.6 is 11.3 Å². The van der Waals surface area contributed by atoms with E-state index in [4.69, 9.17) is 5.26 Å². The first-order chi connectivity index (χ1) is 9.85. The summed E-state index contributed by atoms with van der Waals surface area (Å²) < 4.78 is 0. The smallest absolute Gasteiger partial charge is 0.0991 e. The Bertz CT molecular complexity index is 737. The van der Waals surface area contributed by atoms with E-state index in [-0.39, 0.29) is 0 Å². The number of thiazole rings is 1. The van der Waals surface area contributed by atoms with Gasteiger partial charge in [-0.1, -0.05) is 42.5 Å². The summed E-state index contributed by atoms with van der Waals surface area (Å²) in [7, 11) is 0. The molecule has 0 aliphatic carbocycles. The number of nitriles is 1. The average molecular weight is 276 g/mol. The van der Waals surface area contributed by atoms with Crippen LogP contribution in [0.25, 0.3) is 11.3 Å². The van der Waals surface area contributed by atoms with E-state index in [1.807, 2.05) is 42.5 Å². The molecule has 0 aliphatic rings. The van der Waals surface area contributed by atoms with E-state index in [0.29, 0.717) is 5.56 Å². The topological polar surface area (TPSA) is 36.7 Å². The van der Waals surface area contributed by atoms with E-state index in [9.17, 15) is 0 Å². The Morgan fingerprint density at radius 1 is 1.00 bits per heavy atom. The van der Waals surface area contributed by atoms with Crippen LogP contribution in [0.1, 0.15) is 16.1 Å². The molecule has 0 bridgehead atoms. The van der Waals surface area contributed by atoms with Gasteiger partial charge in [-0.25, -0.2) is 4.98 Å². The molecule has 0 saturated carbocycles. The number of hydrogen-bond acceptors (Lipinski definition) is 3. The third-order valence-corrected chi connectivity index (χ3v) is 3.91. The third-order valence-electron chi connectivity index (χ3n) is 3.06. The fourth-order valence-corrected chi connectivity index (χ4v) is 2.85. The fourth-order valence-electron chi connectivity index (χ4n) is 2.01. The maximum absolute atomic E-state index is 8.80. The molecule has 2 nitrogen and oxygen atoms in total. The predicted octanol–water partition coefficient (Wildman–Crippen LogP) is 4.27. The molecule has 0 saturated heterocycles. The van der Waals surface area contributed by atoms with Crippen LogP contribution in [0.4, 0.5) is 0 Å². The number of rotatable bonds is 3. The average Bonchev–Trinajstić information content (AvgIpc) is 2.97. The van der Waals surface area contributed by atoms with Gasteiger partial charge in [0.2, 0.25) is 0 Å². The summed E-state index contributed by atoms with van der Waals surface area (Å²) in [6, 6.07) is 20.0. The molecule has 1 heterocycles. The first-order valence-electron chi connectivity index (χ1n) is 6.34. The maximum atomic E-state index is 8.80. The van der Waals surface area contributed by atoms with Crippen LogP contribution in [0.5, 0.6) is 0 Å². The normalized spacial score (nSPS) is 10.2. The molecule has 0 atom stereocenters. The standard InChI is InChI=1S/C17H12N2S/c18-11-14-6-8-15(9-7-14)16-12-20-17(19-16)10-13-4-2-1-3-5-13/h1-9,12H,10H2. The van der Waals surface area contributed by atoms with Crippen molar-refractivity contribution >= 4 is 11.3 Å². The lowest BCUT2D eigenvalue weighted by Gasteiger charge is -1.97. The minimum absolute atomic E-state index is 0.675. The van der Waals surface area contributed by atoms with Gasteiger partial charge in [0.05, 0.1) is 22.3 Å². The Morgan fingerprint density at radius 3 is 2.45 bits per heavy atom. The van der Waals surface area contributed by atoms with Crippen LogP contribution in [0.3, 0.4) is 0 Å². The van der Waals surface area contributed by atoms with Gasteiger partial charge in [0, 0.05) is 17.4 Å². The lowest BCUT2D eigenvalue weighted by molar-refractivity contribution is 1.14. The first-order valence-corrected chi connectivity index (χ1v) is 7.22. The Balaban J connectivity index is 1.81. The van der Waals surface area contributed by atoms with E-state index in [1.54, 1.807) is 11.3 Å². The van der Waals surface area contributed by atoms with Gasteiger partial charge in [0.25, 0.3) is 0 Å². The van der Waals surface area contributed by atoms with E-state index < -0.39 is 0 Å². The Morgan fingerprint density at radius 2 is 1.75 bits per heavy atom. The Kier molecular flexibility index (Phi) is 3.58. The second-order valence-corrected chi connectivity index (χ2v) is 5.42. The summed E-state index contributed by atoms with van der Waals surface area (Å²) in [5.41, 5.74) is 3.98. The minimum atomic E-state index is 0.675. The molecular formula is C17H12N2S. The van der Waals surface area contributed by atoms with Crippen LogP contribution in [-0.2, 0) is 6.42 Å². The quantitative estimate of drug-likeness (QED) is 0.716. The van der Waals surface area contributed by atoms with Gasteiger partial charge < -0.3 is 0 Å². The molecule has 0 amide bonds. The van der Waals surface area contributed by atoms with Crippen molar-refractivity contribution in [2.24, 2.45) is 0 Å². The van der Waals surface area contributed by atoms with E-state index >= 15 is 0 Å². The summed E-state index contributed by atoms with van der Waals surface area (Å²) in [6.45, 7) is 0. The molecule has 3 heteroatoms. The van der Waals surface area contributed by atoms with Crippen molar-refractivity contribution in [3.63, 3.8) is 0 Å². The highest BCUT2D eigenvalue weighted by atomic mass is 32.1. The van der Waals surface area contributed by atoms with E-state index in [2.05, 4.69) is 28.6 Å². The maximum Gasteiger partial charge on any atom is 0.0991 e. The molecule has 1 aromatic heterocycles. The number of nitrogens with zero attached hydrogens (tertiary/aromatic N) is 2. The highest BCUT2D eigenvalue weighted by molar-refractivity contribution is 7.10. The molecule has 0 fully saturated rings. The van der Waals surface area contributed by atoms with Gasteiger partial charge in [-0.05, 0) is 17.7 Å². The number of aromatic nitrogens is 1. The molecule has 3 rings (SSSR count). The van der Waals surface area contributed by atoms with E-state index in [1.165, 1.54) is 5.56 Å². The predicted molar refractivity (Wildman–Crippen MR) is 81.5 cm³/mol. The SMILES string of the molecule is N#Cc1ccc(-c2csc(Cc3ccccc3)n2)cc1. The van der Waals surface area contributed by atoms with Crippen molar-refractivity contribution in [1.82, 2.24) is 4.98 Å². The zero-order valence-electron chi connectivity index (χ0n) is 10.8. The molecule has 20 heavy (non-hydrogen) atoms. The monoisotopic (exact) mass is 276 g/mol. The van der Waals surface area contributed by atoms with Crippen molar-refractivity contribution in [2.45, 2.75) is 6.42 Å². The molecule has 0 N–H and O–H groups in total. The molecule has 2 aromatic carbocycles. The van der Waals surface area contributed by atoms with Crippen LogP contribution in [0.15, 0.2) is 60.0 Å².